The maximum Gasteiger partial charge on any atom is 0.329 e. The van der Waals surface area contributed by atoms with E-state index in [1.807, 2.05) is 0 Å². The van der Waals surface area contributed by atoms with Gasteiger partial charge < -0.3 is 19.5 Å². The summed E-state index contributed by atoms with van der Waals surface area (Å²) in [7, 11) is 0. The zero-order valence-electron chi connectivity index (χ0n) is 9.87. The van der Waals surface area contributed by atoms with Crippen LogP contribution in [0.3, 0.4) is 0 Å². The summed E-state index contributed by atoms with van der Waals surface area (Å²) in [6, 6.07) is 4.75. The zero-order chi connectivity index (χ0) is 13.6. The average molecular weight is 260 g/mol. The largest absolute Gasteiger partial charge is 0.548 e. The average Bonchev–Trinajstić information content (AvgIpc) is 2.40. The van der Waals surface area contributed by atoms with Gasteiger partial charge in [0, 0.05) is 12.0 Å². The fraction of sp³-hybridized carbons (Fsp3) is 0.308. The van der Waals surface area contributed by atoms with E-state index < -0.39 is 29.9 Å². The van der Waals surface area contributed by atoms with Crippen molar-refractivity contribution in [1.82, 2.24) is 4.90 Å². The summed E-state index contributed by atoms with van der Waals surface area (Å²) in [6.07, 6.45) is 0.268. The van der Waals surface area contributed by atoms with Gasteiger partial charge in [0.1, 0.15) is 18.7 Å². The van der Waals surface area contributed by atoms with E-state index in [-0.39, 0.29) is 13.0 Å². The first kappa shape index (κ1) is 11.7. The minimum atomic E-state index is -1.41. The van der Waals surface area contributed by atoms with Crippen molar-refractivity contribution in [2.24, 2.45) is 0 Å². The molecule has 0 spiro atoms. The second-order valence-electron chi connectivity index (χ2n) is 4.55. The molecule has 1 aromatic carbocycles. The van der Waals surface area contributed by atoms with Gasteiger partial charge in [-0.15, -0.1) is 0 Å². The third-order valence-corrected chi connectivity index (χ3v) is 3.49. The highest BCUT2D eigenvalue weighted by atomic mass is 16.5. The third kappa shape index (κ3) is 1.68. The Labute approximate surface area is 108 Å². The topological polar surface area (TPSA) is 86.7 Å². The van der Waals surface area contributed by atoms with E-state index in [0.29, 0.717) is 5.56 Å². The van der Waals surface area contributed by atoms with Crippen molar-refractivity contribution in [2.75, 3.05) is 6.61 Å². The number of morpholine rings is 1. The van der Waals surface area contributed by atoms with Crippen LogP contribution in [-0.4, -0.2) is 41.4 Å². The summed E-state index contributed by atoms with van der Waals surface area (Å²) >= 11 is 0. The second kappa shape index (κ2) is 4.08. The number of esters is 1. The SMILES string of the molecule is O=C([O-])[C@H]1COC(=O)[C@H]2Cc3ccccc3C(=O)N12. The highest BCUT2D eigenvalue weighted by molar-refractivity contribution is 6.02. The minimum absolute atomic E-state index is 0.268. The molecule has 2 atom stereocenters. The van der Waals surface area contributed by atoms with Crippen LogP contribution in [0.15, 0.2) is 24.3 Å². The number of hydrogen-bond donors (Lipinski definition) is 0. The number of cyclic esters (lactones) is 1. The maximum atomic E-state index is 12.3. The number of ether oxygens (including phenoxy) is 1. The normalized spacial score (nSPS) is 25.4. The van der Waals surface area contributed by atoms with Crippen molar-refractivity contribution >= 4 is 17.8 Å². The van der Waals surface area contributed by atoms with Gasteiger partial charge in [-0.3, -0.25) is 4.79 Å². The predicted octanol–water partition coefficient (Wildman–Crippen LogP) is -1.27. The van der Waals surface area contributed by atoms with E-state index in [1.165, 1.54) is 0 Å². The molecule has 0 unspecified atom stereocenters. The number of carbonyl (C=O) groups excluding carboxylic acids is 3. The van der Waals surface area contributed by atoms with Crippen LogP contribution < -0.4 is 5.11 Å². The number of rotatable bonds is 1. The highest BCUT2D eigenvalue weighted by Crippen LogP contribution is 2.28. The Bertz CT molecular complexity index is 582. The van der Waals surface area contributed by atoms with Crippen molar-refractivity contribution in [2.45, 2.75) is 18.5 Å². The van der Waals surface area contributed by atoms with Crippen molar-refractivity contribution < 1.29 is 24.2 Å². The number of nitrogens with zero attached hydrogens (tertiary/aromatic N) is 1. The first-order chi connectivity index (χ1) is 9.09. The summed E-state index contributed by atoms with van der Waals surface area (Å²) in [5.74, 6) is -2.44. The Morgan fingerprint density at radius 1 is 1.32 bits per heavy atom. The Kier molecular flexibility index (Phi) is 2.51. The number of carboxylic acids is 1. The molecule has 1 saturated heterocycles. The maximum absolute atomic E-state index is 12.3. The molecule has 6 nitrogen and oxygen atoms in total. The smallest absolute Gasteiger partial charge is 0.329 e. The Hall–Kier alpha value is -2.37. The number of carbonyl (C=O) groups is 3. The van der Waals surface area contributed by atoms with E-state index >= 15 is 0 Å². The second-order valence-corrected chi connectivity index (χ2v) is 4.55. The Morgan fingerprint density at radius 2 is 2.05 bits per heavy atom. The fourth-order valence-electron chi connectivity index (χ4n) is 2.57. The van der Waals surface area contributed by atoms with Crippen LogP contribution in [0.1, 0.15) is 15.9 Å². The lowest BCUT2D eigenvalue weighted by molar-refractivity contribution is -0.313. The standard InChI is InChI=1S/C13H11NO5/c15-11-8-4-2-1-3-7(8)5-9-13(18)19-6-10(12(16)17)14(9)11/h1-4,9-10H,5-6H2,(H,16,17)/p-1/t9-,10-/m1/s1. The molecule has 0 bridgehead atoms. The van der Waals surface area contributed by atoms with Crippen LogP contribution in [0.5, 0.6) is 0 Å². The molecule has 1 aromatic rings. The Morgan fingerprint density at radius 3 is 2.79 bits per heavy atom. The minimum Gasteiger partial charge on any atom is -0.548 e. The van der Waals surface area contributed by atoms with Gasteiger partial charge in [0.15, 0.2) is 0 Å². The molecule has 0 N–H and O–H groups in total. The first-order valence-electron chi connectivity index (χ1n) is 5.87. The van der Waals surface area contributed by atoms with Crippen LogP contribution >= 0.6 is 0 Å². The van der Waals surface area contributed by atoms with Gasteiger partial charge in [0.25, 0.3) is 5.91 Å². The van der Waals surface area contributed by atoms with Crippen molar-refractivity contribution in [3.63, 3.8) is 0 Å². The van der Waals surface area contributed by atoms with Gasteiger partial charge >= 0.3 is 5.97 Å². The van der Waals surface area contributed by atoms with E-state index in [9.17, 15) is 19.5 Å². The zero-order valence-corrected chi connectivity index (χ0v) is 9.87. The summed E-state index contributed by atoms with van der Waals surface area (Å²) in [6.45, 7) is -0.356. The molecule has 2 heterocycles. The number of hydrogen-bond acceptors (Lipinski definition) is 5. The lowest BCUT2D eigenvalue weighted by Gasteiger charge is -2.43. The summed E-state index contributed by atoms with van der Waals surface area (Å²) < 4.78 is 4.83. The van der Waals surface area contributed by atoms with Gasteiger partial charge in [-0.1, -0.05) is 18.2 Å². The quantitative estimate of drug-likeness (QED) is 0.587. The molecule has 3 rings (SSSR count). The third-order valence-electron chi connectivity index (χ3n) is 3.49. The monoisotopic (exact) mass is 260 g/mol. The van der Waals surface area contributed by atoms with Gasteiger partial charge in [0.05, 0.1) is 5.97 Å². The molecule has 0 aliphatic carbocycles. The van der Waals surface area contributed by atoms with Gasteiger partial charge in [-0.2, -0.15) is 0 Å². The summed E-state index contributed by atoms with van der Waals surface area (Å²) in [4.78, 5) is 36.2. The molecule has 6 heteroatoms. The summed E-state index contributed by atoms with van der Waals surface area (Å²) in [5.41, 5.74) is 1.16. The first-order valence-corrected chi connectivity index (χ1v) is 5.87. The van der Waals surface area contributed by atoms with Gasteiger partial charge in [0.2, 0.25) is 0 Å². The van der Waals surface area contributed by atoms with Gasteiger partial charge in [-0.05, 0) is 11.6 Å². The number of amides is 1. The lowest BCUT2D eigenvalue weighted by Crippen LogP contribution is -2.64. The van der Waals surface area contributed by atoms with Crippen molar-refractivity contribution in [1.29, 1.82) is 0 Å². The van der Waals surface area contributed by atoms with Crippen LogP contribution in [0.4, 0.5) is 0 Å². The predicted molar refractivity (Wildman–Crippen MR) is 59.9 cm³/mol. The number of carboxylic acid groups (broad SMARTS) is 1. The van der Waals surface area contributed by atoms with Gasteiger partial charge in [-0.25, -0.2) is 4.79 Å². The number of fused-ring (bicyclic) bond motifs is 2. The van der Waals surface area contributed by atoms with Crippen molar-refractivity contribution in [3.8, 4) is 0 Å². The molecule has 19 heavy (non-hydrogen) atoms. The summed E-state index contributed by atoms with van der Waals surface area (Å²) in [5, 5.41) is 11.1. The van der Waals surface area contributed by atoms with Crippen LogP contribution in [0, 0.1) is 0 Å². The molecule has 1 fully saturated rings. The van der Waals surface area contributed by atoms with E-state index in [0.717, 1.165) is 10.5 Å². The molecule has 0 saturated carbocycles. The molecule has 98 valence electrons. The molecule has 0 radical (unpaired) electrons. The van der Waals surface area contributed by atoms with Crippen molar-refractivity contribution in [3.05, 3.63) is 35.4 Å². The van der Waals surface area contributed by atoms with E-state index in [4.69, 9.17) is 4.74 Å². The molecular weight excluding hydrogens is 250 g/mol. The van der Waals surface area contributed by atoms with Crippen LogP contribution in [-0.2, 0) is 20.7 Å². The molecular formula is C13H10NO5-. The highest BCUT2D eigenvalue weighted by Gasteiger charge is 2.45. The van der Waals surface area contributed by atoms with E-state index in [1.54, 1.807) is 24.3 Å². The lowest BCUT2D eigenvalue weighted by atomic mass is 9.91. The molecule has 0 aromatic heterocycles. The molecule has 1 amide bonds. The van der Waals surface area contributed by atoms with E-state index in [2.05, 4.69) is 0 Å². The fourth-order valence-corrected chi connectivity index (χ4v) is 2.57. The molecule has 2 aliphatic rings. The van der Waals surface area contributed by atoms with Crippen LogP contribution in [0.2, 0.25) is 0 Å². The van der Waals surface area contributed by atoms with Crippen LogP contribution in [0.25, 0.3) is 0 Å². The number of benzene rings is 1. The number of aliphatic carboxylic acids is 1. The molecule has 2 aliphatic heterocycles. The Balaban J connectivity index is 2.08.